The van der Waals surface area contributed by atoms with Gasteiger partial charge < -0.3 is 19.7 Å². The number of nitrogens with one attached hydrogen (secondary N) is 1. The van der Waals surface area contributed by atoms with Crippen molar-refractivity contribution in [3.63, 3.8) is 0 Å². The van der Waals surface area contributed by atoms with Crippen LogP contribution in [-0.4, -0.2) is 47.4 Å². The molecule has 0 unspecified atom stereocenters. The van der Waals surface area contributed by atoms with E-state index in [9.17, 15) is 4.79 Å². The van der Waals surface area contributed by atoms with E-state index in [2.05, 4.69) is 46.2 Å². The van der Waals surface area contributed by atoms with Gasteiger partial charge in [-0.2, -0.15) is 4.98 Å². The van der Waals surface area contributed by atoms with Crippen molar-refractivity contribution in [2.24, 2.45) is 0 Å². The summed E-state index contributed by atoms with van der Waals surface area (Å²) in [6.45, 7) is 6.67. The minimum Gasteiger partial charge on any atom is -0.481 e. The van der Waals surface area contributed by atoms with Crippen LogP contribution < -0.4 is 20.5 Å². The van der Waals surface area contributed by atoms with E-state index in [1.165, 1.54) is 10.3 Å². The van der Waals surface area contributed by atoms with Crippen LogP contribution in [0.5, 0.6) is 5.88 Å². The summed E-state index contributed by atoms with van der Waals surface area (Å²) in [7, 11) is 1.55. The number of pyridine rings is 3. The van der Waals surface area contributed by atoms with E-state index in [-0.39, 0.29) is 11.7 Å². The van der Waals surface area contributed by atoms with Gasteiger partial charge in [-0.05, 0) is 61.2 Å². The van der Waals surface area contributed by atoms with Crippen LogP contribution in [-0.2, 0) is 4.74 Å². The predicted molar refractivity (Wildman–Crippen MR) is 134 cm³/mol. The van der Waals surface area contributed by atoms with Gasteiger partial charge in [-0.3, -0.25) is 9.36 Å². The van der Waals surface area contributed by atoms with E-state index in [1.54, 1.807) is 37.7 Å². The highest BCUT2D eigenvalue weighted by atomic mass is 16.5. The van der Waals surface area contributed by atoms with E-state index in [1.807, 2.05) is 18.2 Å². The summed E-state index contributed by atoms with van der Waals surface area (Å²) in [4.78, 5) is 24.7. The normalized spacial score (nSPS) is 16.0. The van der Waals surface area contributed by atoms with Crippen LogP contribution >= 0.6 is 0 Å². The van der Waals surface area contributed by atoms with E-state index in [0.717, 1.165) is 36.3 Å². The fourth-order valence-corrected chi connectivity index (χ4v) is 4.37. The Hall–Kier alpha value is -3.91. The van der Waals surface area contributed by atoms with Crippen LogP contribution in [0.3, 0.4) is 0 Å². The SMILES string of the molecule is COc1cccc(-n2ccc3ccnc(Nc4ccc(N5CCO[C@H](C)C5)c(C)c4)c3c2=O)n1. The molecule has 34 heavy (non-hydrogen) atoms. The number of rotatable bonds is 5. The molecule has 1 aromatic carbocycles. The summed E-state index contributed by atoms with van der Waals surface area (Å²) in [6, 6.07) is 15.3. The van der Waals surface area contributed by atoms with Crippen molar-refractivity contribution in [3.8, 4) is 11.7 Å². The molecule has 4 heterocycles. The van der Waals surface area contributed by atoms with Crippen molar-refractivity contribution >= 4 is 28.0 Å². The molecule has 1 aliphatic rings. The summed E-state index contributed by atoms with van der Waals surface area (Å²) in [5.74, 6) is 1.44. The summed E-state index contributed by atoms with van der Waals surface area (Å²) >= 11 is 0. The molecule has 0 saturated carbocycles. The first-order valence-electron chi connectivity index (χ1n) is 11.3. The number of anilines is 3. The first-order chi connectivity index (χ1) is 16.5. The summed E-state index contributed by atoms with van der Waals surface area (Å²) < 4.78 is 12.4. The third-order valence-corrected chi connectivity index (χ3v) is 6.03. The number of methoxy groups -OCH3 is 1. The molecule has 5 rings (SSSR count). The molecule has 0 aliphatic carbocycles. The Bertz CT molecular complexity index is 1400. The maximum atomic E-state index is 13.5. The minimum atomic E-state index is -0.204. The number of aryl methyl sites for hydroxylation is 1. The molecule has 0 radical (unpaired) electrons. The van der Waals surface area contributed by atoms with Gasteiger partial charge in [0.2, 0.25) is 5.88 Å². The number of morpholine rings is 1. The standard InChI is InChI=1S/C26H27N5O3/c1-17-15-20(7-8-21(17)30-13-14-34-18(2)16-30)28-25-24-19(9-11-27-25)10-12-31(26(24)32)22-5-4-6-23(29-22)33-3/h4-12,15,18H,13-14,16H2,1-3H3,(H,27,28)/t18-/m1/s1. The number of hydrogen-bond acceptors (Lipinski definition) is 7. The van der Waals surface area contributed by atoms with Crippen LogP contribution in [0.25, 0.3) is 16.6 Å². The quantitative estimate of drug-likeness (QED) is 0.484. The molecule has 1 fully saturated rings. The van der Waals surface area contributed by atoms with Gasteiger partial charge in [0.25, 0.3) is 5.56 Å². The lowest BCUT2D eigenvalue weighted by molar-refractivity contribution is 0.0532. The van der Waals surface area contributed by atoms with Gasteiger partial charge in [-0.1, -0.05) is 6.07 Å². The molecule has 1 saturated heterocycles. The second-order valence-electron chi connectivity index (χ2n) is 8.41. The van der Waals surface area contributed by atoms with Crippen LogP contribution in [0.2, 0.25) is 0 Å². The molecule has 0 amide bonds. The second-order valence-corrected chi connectivity index (χ2v) is 8.41. The molecule has 174 valence electrons. The lowest BCUT2D eigenvalue weighted by Gasteiger charge is -2.34. The van der Waals surface area contributed by atoms with Crippen LogP contribution in [0.15, 0.2) is 65.7 Å². The maximum absolute atomic E-state index is 13.5. The van der Waals surface area contributed by atoms with Gasteiger partial charge in [-0.25, -0.2) is 4.98 Å². The van der Waals surface area contributed by atoms with Crippen molar-refractivity contribution in [1.82, 2.24) is 14.5 Å². The zero-order chi connectivity index (χ0) is 23.7. The first kappa shape index (κ1) is 21.9. The van der Waals surface area contributed by atoms with Gasteiger partial charge in [0, 0.05) is 42.9 Å². The summed E-state index contributed by atoms with van der Waals surface area (Å²) in [5.41, 5.74) is 3.01. The topological polar surface area (TPSA) is 81.5 Å². The monoisotopic (exact) mass is 457 g/mol. The number of hydrogen-bond donors (Lipinski definition) is 1. The lowest BCUT2D eigenvalue weighted by Crippen LogP contribution is -2.41. The molecule has 8 heteroatoms. The fourth-order valence-electron chi connectivity index (χ4n) is 4.37. The van der Waals surface area contributed by atoms with Crippen LogP contribution in [0.4, 0.5) is 17.2 Å². The Morgan fingerprint density at radius 2 is 2.06 bits per heavy atom. The van der Waals surface area contributed by atoms with Crippen LogP contribution in [0.1, 0.15) is 12.5 Å². The van der Waals surface area contributed by atoms with Gasteiger partial charge >= 0.3 is 0 Å². The molecule has 3 aromatic heterocycles. The first-order valence-corrected chi connectivity index (χ1v) is 11.3. The van der Waals surface area contributed by atoms with Gasteiger partial charge in [0.05, 0.1) is 25.2 Å². The van der Waals surface area contributed by atoms with E-state index < -0.39 is 0 Å². The fraction of sp³-hybridized carbons (Fsp3) is 0.269. The van der Waals surface area contributed by atoms with Crippen molar-refractivity contribution in [3.05, 3.63) is 76.8 Å². The second kappa shape index (κ2) is 9.15. The lowest BCUT2D eigenvalue weighted by atomic mass is 10.1. The Balaban J connectivity index is 1.50. The Morgan fingerprint density at radius 1 is 1.18 bits per heavy atom. The number of ether oxygens (including phenoxy) is 2. The number of aromatic nitrogens is 3. The van der Waals surface area contributed by atoms with Crippen molar-refractivity contribution in [2.75, 3.05) is 37.0 Å². The molecular formula is C26H27N5O3. The van der Waals surface area contributed by atoms with E-state index in [4.69, 9.17) is 9.47 Å². The Labute approximate surface area is 197 Å². The Morgan fingerprint density at radius 3 is 2.85 bits per heavy atom. The predicted octanol–water partition coefficient (Wildman–Crippen LogP) is 4.07. The average molecular weight is 458 g/mol. The summed E-state index contributed by atoms with van der Waals surface area (Å²) in [6.07, 6.45) is 3.64. The largest absolute Gasteiger partial charge is 0.481 e. The minimum absolute atomic E-state index is 0.204. The zero-order valence-electron chi connectivity index (χ0n) is 19.5. The molecular weight excluding hydrogens is 430 g/mol. The Kier molecular flexibility index (Phi) is 5.90. The van der Waals surface area contributed by atoms with E-state index >= 15 is 0 Å². The molecule has 0 bridgehead atoms. The average Bonchev–Trinajstić information content (AvgIpc) is 2.84. The molecule has 1 atom stereocenters. The molecule has 0 spiro atoms. The van der Waals surface area contributed by atoms with Gasteiger partial charge in [-0.15, -0.1) is 0 Å². The molecule has 8 nitrogen and oxygen atoms in total. The molecule has 4 aromatic rings. The number of fused-ring (bicyclic) bond motifs is 1. The van der Waals surface area contributed by atoms with Crippen LogP contribution in [0, 0.1) is 6.92 Å². The molecule has 1 N–H and O–H groups in total. The smallest absolute Gasteiger partial charge is 0.267 e. The van der Waals surface area contributed by atoms with E-state index in [0.29, 0.717) is 22.9 Å². The highest BCUT2D eigenvalue weighted by Gasteiger charge is 2.19. The number of nitrogens with zero attached hydrogens (tertiary/aromatic N) is 4. The zero-order valence-corrected chi connectivity index (χ0v) is 19.5. The maximum Gasteiger partial charge on any atom is 0.267 e. The van der Waals surface area contributed by atoms with Gasteiger partial charge in [0.15, 0.2) is 0 Å². The van der Waals surface area contributed by atoms with Gasteiger partial charge in [0.1, 0.15) is 11.6 Å². The number of benzene rings is 1. The third-order valence-electron chi connectivity index (χ3n) is 6.03. The third kappa shape index (κ3) is 4.20. The van der Waals surface area contributed by atoms with Crippen molar-refractivity contribution in [1.29, 1.82) is 0 Å². The van der Waals surface area contributed by atoms with Crippen molar-refractivity contribution < 1.29 is 9.47 Å². The van der Waals surface area contributed by atoms with Crippen molar-refractivity contribution in [2.45, 2.75) is 20.0 Å². The highest BCUT2D eigenvalue weighted by molar-refractivity contribution is 5.92. The summed E-state index contributed by atoms with van der Waals surface area (Å²) in [5, 5.41) is 4.66. The highest BCUT2D eigenvalue weighted by Crippen LogP contribution is 2.28. The molecule has 1 aliphatic heterocycles.